The van der Waals surface area contributed by atoms with Crippen LogP contribution in [0.3, 0.4) is 0 Å². The molecule has 162 valence electrons. The van der Waals surface area contributed by atoms with Gasteiger partial charge in [0, 0.05) is 6.54 Å². The van der Waals surface area contributed by atoms with Crippen LogP contribution in [0.2, 0.25) is 0 Å². The second-order valence-corrected chi connectivity index (χ2v) is 8.17. The van der Waals surface area contributed by atoms with E-state index in [1.165, 1.54) is 38.5 Å². The summed E-state index contributed by atoms with van der Waals surface area (Å²) in [5.41, 5.74) is 5.16. The van der Waals surface area contributed by atoms with Gasteiger partial charge in [-0.1, -0.05) is 64.7 Å². The number of hydrogen-bond donors (Lipinski definition) is 2. The van der Waals surface area contributed by atoms with E-state index >= 15 is 0 Å². The fourth-order valence-electron chi connectivity index (χ4n) is 2.55. The van der Waals surface area contributed by atoms with E-state index in [0.717, 1.165) is 19.3 Å². The minimum absolute atomic E-state index is 0. The van der Waals surface area contributed by atoms with E-state index in [4.69, 9.17) is 15.0 Å². The Kier molecular flexibility index (Phi) is 20.2. The fourth-order valence-corrected chi connectivity index (χ4v) is 3.21. The summed E-state index contributed by atoms with van der Waals surface area (Å²) in [5, 5.41) is -1.98. The molecule has 0 saturated carbocycles. The van der Waals surface area contributed by atoms with Crippen molar-refractivity contribution in [3.8, 4) is 0 Å². The summed E-state index contributed by atoms with van der Waals surface area (Å²) >= 11 is 0. The molecule has 8 nitrogen and oxygen atoms in total. The molecule has 0 bridgehead atoms. The Morgan fingerprint density at radius 1 is 0.893 bits per heavy atom. The average molecular weight is 434 g/mol. The third-order valence-corrected chi connectivity index (χ3v) is 5.18. The molecular weight excluding hydrogens is 397 g/mol. The van der Waals surface area contributed by atoms with Gasteiger partial charge in [-0.3, -0.25) is 14.1 Å². The van der Waals surface area contributed by atoms with Gasteiger partial charge >= 0.3 is 41.5 Å². The molecule has 0 rings (SSSR count). The molecule has 0 aromatic rings. The Labute approximate surface area is 191 Å². The Bertz CT molecular complexity index is 514. The second-order valence-electron chi connectivity index (χ2n) is 6.57. The first-order valence-corrected chi connectivity index (χ1v) is 11.3. The molecule has 3 N–H and O–H groups in total. The molecule has 10 heteroatoms. The van der Waals surface area contributed by atoms with Crippen molar-refractivity contribution in [2.75, 3.05) is 19.8 Å². The van der Waals surface area contributed by atoms with Gasteiger partial charge in [-0.05, 0) is 6.42 Å². The Morgan fingerprint density at radius 3 is 1.86 bits per heavy atom. The third kappa shape index (κ3) is 16.7. The summed E-state index contributed by atoms with van der Waals surface area (Å²) in [6.45, 7) is 2.17. The molecular formula is C18H36NNaO7S. The van der Waals surface area contributed by atoms with Crippen molar-refractivity contribution in [3.05, 3.63) is 0 Å². The van der Waals surface area contributed by atoms with Gasteiger partial charge in [-0.2, -0.15) is 8.42 Å². The SMILES string of the molecule is CCCCCCCCCCCCOC(=O)CC(C(=O)OCCN)S(=O)(=O)O.[NaH]. The molecule has 0 fully saturated rings. The summed E-state index contributed by atoms with van der Waals surface area (Å²) in [6.07, 6.45) is 10.6. The molecule has 0 saturated heterocycles. The van der Waals surface area contributed by atoms with Crippen LogP contribution >= 0.6 is 0 Å². The standard InChI is InChI=1S/C18H35NO7S.Na.H/c1-2-3-4-5-6-7-8-9-10-11-13-25-17(20)15-16(27(22,23)24)18(21)26-14-12-19;;/h16H,2-15,19H2,1H3,(H,22,23,24);;. The van der Waals surface area contributed by atoms with E-state index in [2.05, 4.69) is 11.7 Å². The monoisotopic (exact) mass is 433 g/mol. The van der Waals surface area contributed by atoms with Crippen molar-refractivity contribution in [2.24, 2.45) is 5.73 Å². The van der Waals surface area contributed by atoms with E-state index in [0.29, 0.717) is 6.42 Å². The molecule has 0 spiro atoms. The number of hydrogen-bond acceptors (Lipinski definition) is 7. The third-order valence-electron chi connectivity index (χ3n) is 4.10. The van der Waals surface area contributed by atoms with Crippen LogP contribution < -0.4 is 5.73 Å². The maximum absolute atomic E-state index is 11.7. The summed E-state index contributed by atoms with van der Waals surface area (Å²) in [6, 6.07) is 0. The van der Waals surface area contributed by atoms with Crippen LogP contribution in [0, 0.1) is 0 Å². The van der Waals surface area contributed by atoms with Gasteiger partial charge in [-0.25, -0.2) is 0 Å². The number of rotatable bonds is 17. The molecule has 0 radical (unpaired) electrons. The van der Waals surface area contributed by atoms with E-state index in [-0.39, 0.29) is 49.3 Å². The predicted octanol–water partition coefficient (Wildman–Crippen LogP) is 1.95. The summed E-state index contributed by atoms with van der Waals surface area (Å²) in [4.78, 5) is 23.3. The zero-order valence-electron chi connectivity index (χ0n) is 16.4. The molecule has 28 heavy (non-hydrogen) atoms. The van der Waals surface area contributed by atoms with Crippen LogP contribution in [0.5, 0.6) is 0 Å². The Balaban J connectivity index is 0. The minimum atomic E-state index is -4.76. The predicted molar refractivity (Wildman–Crippen MR) is 110 cm³/mol. The van der Waals surface area contributed by atoms with Crippen LogP contribution in [0.25, 0.3) is 0 Å². The molecule has 0 aliphatic heterocycles. The van der Waals surface area contributed by atoms with Crippen molar-refractivity contribution >= 4 is 51.6 Å². The molecule has 0 aliphatic carbocycles. The molecule has 0 aromatic heterocycles. The first-order chi connectivity index (χ1) is 12.8. The molecule has 0 heterocycles. The number of nitrogens with two attached hydrogens (primary N) is 1. The quantitative estimate of drug-likeness (QED) is 0.154. The summed E-state index contributed by atoms with van der Waals surface area (Å²) < 4.78 is 41.1. The van der Waals surface area contributed by atoms with E-state index in [1.54, 1.807) is 0 Å². The van der Waals surface area contributed by atoms with Crippen molar-refractivity contribution in [3.63, 3.8) is 0 Å². The van der Waals surface area contributed by atoms with Crippen LogP contribution in [0.4, 0.5) is 0 Å². The molecule has 0 aromatic carbocycles. The second kappa shape index (κ2) is 18.8. The van der Waals surface area contributed by atoms with Gasteiger partial charge in [0.1, 0.15) is 6.61 Å². The Hall–Kier alpha value is -0.190. The summed E-state index contributed by atoms with van der Waals surface area (Å²) in [7, 11) is -4.76. The zero-order chi connectivity index (χ0) is 20.5. The first kappa shape index (κ1) is 30.0. The number of carbonyl (C=O) groups is 2. The van der Waals surface area contributed by atoms with Crippen molar-refractivity contribution in [1.82, 2.24) is 0 Å². The molecule has 1 atom stereocenters. The van der Waals surface area contributed by atoms with Gasteiger partial charge in [0.15, 0.2) is 5.25 Å². The van der Waals surface area contributed by atoms with Crippen LogP contribution in [0.15, 0.2) is 0 Å². The van der Waals surface area contributed by atoms with Gasteiger partial charge in [-0.15, -0.1) is 0 Å². The normalized spacial score (nSPS) is 12.1. The zero-order valence-corrected chi connectivity index (χ0v) is 17.2. The van der Waals surface area contributed by atoms with Crippen LogP contribution in [-0.4, -0.2) is 79.5 Å². The van der Waals surface area contributed by atoms with Crippen molar-refractivity contribution < 1.29 is 32.0 Å². The number of carbonyl (C=O) groups excluding carboxylic acids is 2. The summed E-state index contributed by atoms with van der Waals surface area (Å²) in [5.74, 6) is -2.07. The maximum atomic E-state index is 11.7. The van der Waals surface area contributed by atoms with Gasteiger partial charge in [0.05, 0.1) is 13.0 Å². The van der Waals surface area contributed by atoms with Gasteiger partial charge < -0.3 is 15.2 Å². The first-order valence-electron chi connectivity index (χ1n) is 9.81. The van der Waals surface area contributed by atoms with Gasteiger partial charge in [0.25, 0.3) is 10.1 Å². The van der Waals surface area contributed by atoms with E-state index in [1.807, 2.05) is 0 Å². The Morgan fingerprint density at radius 2 is 1.39 bits per heavy atom. The average Bonchev–Trinajstić information content (AvgIpc) is 2.61. The number of esters is 2. The van der Waals surface area contributed by atoms with Gasteiger partial charge in [0.2, 0.25) is 0 Å². The fraction of sp³-hybridized carbons (Fsp3) is 0.889. The van der Waals surface area contributed by atoms with Crippen LogP contribution in [0.1, 0.15) is 77.6 Å². The van der Waals surface area contributed by atoms with E-state index in [9.17, 15) is 18.0 Å². The topological polar surface area (TPSA) is 133 Å². The van der Waals surface area contributed by atoms with E-state index < -0.39 is 33.7 Å². The molecule has 0 aliphatic rings. The van der Waals surface area contributed by atoms with Crippen molar-refractivity contribution in [2.45, 2.75) is 82.8 Å². The van der Waals surface area contributed by atoms with Crippen molar-refractivity contribution in [1.29, 1.82) is 0 Å². The number of ether oxygens (including phenoxy) is 2. The molecule has 1 unspecified atom stereocenters. The number of unbranched alkanes of at least 4 members (excludes halogenated alkanes) is 9. The van der Waals surface area contributed by atoms with Crippen LogP contribution in [-0.2, 0) is 29.2 Å². The molecule has 0 amide bonds.